The van der Waals surface area contributed by atoms with Crippen LogP contribution in [0.5, 0.6) is 0 Å². The van der Waals surface area contributed by atoms with Gasteiger partial charge in [0.2, 0.25) is 5.89 Å². The summed E-state index contributed by atoms with van der Waals surface area (Å²) < 4.78 is 5.21. The van der Waals surface area contributed by atoms with Crippen LogP contribution in [0.3, 0.4) is 0 Å². The van der Waals surface area contributed by atoms with Crippen molar-refractivity contribution in [3.63, 3.8) is 0 Å². The molecule has 86 valence electrons. The summed E-state index contributed by atoms with van der Waals surface area (Å²) in [6.45, 7) is 4.30. The highest BCUT2D eigenvalue weighted by atomic mass is 35.5. The van der Waals surface area contributed by atoms with Gasteiger partial charge in [-0.3, -0.25) is 5.32 Å². The summed E-state index contributed by atoms with van der Waals surface area (Å²) in [5.41, 5.74) is 0. The number of hydrogen-bond acceptors (Lipinski definition) is 5. The summed E-state index contributed by atoms with van der Waals surface area (Å²) in [7, 11) is 0. The standard InChI is InChI=1S/C9H15N3OS.ClH/c1-6(2)3-8-11-9(13-12-8)7-4-14-5-10-7;/h6-7,10H,3-5H2,1-2H3;1H. The molecule has 2 rings (SSSR count). The van der Waals surface area contributed by atoms with Gasteiger partial charge in [-0.1, -0.05) is 19.0 Å². The first-order valence-corrected chi connectivity index (χ1v) is 6.05. The Hall–Kier alpha value is -0.260. The molecule has 1 fully saturated rings. The van der Waals surface area contributed by atoms with Crippen LogP contribution in [0.15, 0.2) is 4.52 Å². The maximum absolute atomic E-state index is 5.21. The van der Waals surface area contributed by atoms with Gasteiger partial charge in [0.15, 0.2) is 5.82 Å². The molecule has 0 saturated carbocycles. The molecule has 0 aliphatic carbocycles. The van der Waals surface area contributed by atoms with Gasteiger partial charge in [-0.15, -0.1) is 24.2 Å². The molecule has 0 aromatic carbocycles. The van der Waals surface area contributed by atoms with Gasteiger partial charge in [-0.05, 0) is 5.92 Å². The Morgan fingerprint density at radius 3 is 3.00 bits per heavy atom. The molecular formula is C9H16ClN3OS. The lowest BCUT2D eigenvalue weighted by molar-refractivity contribution is 0.346. The molecule has 0 spiro atoms. The average molecular weight is 250 g/mol. The fourth-order valence-corrected chi connectivity index (χ4v) is 2.34. The molecular weight excluding hydrogens is 234 g/mol. The Morgan fingerprint density at radius 2 is 2.40 bits per heavy atom. The van der Waals surface area contributed by atoms with E-state index in [9.17, 15) is 0 Å². The first-order valence-electron chi connectivity index (χ1n) is 4.89. The highest BCUT2D eigenvalue weighted by Crippen LogP contribution is 2.22. The van der Waals surface area contributed by atoms with E-state index in [-0.39, 0.29) is 18.4 Å². The van der Waals surface area contributed by atoms with Gasteiger partial charge < -0.3 is 4.52 Å². The lowest BCUT2D eigenvalue weighted by Crippen LogP contribution is -2.14. The van der Waals surface area contributed by atoms with E-state index >= 15 is 0 Å². The molecule has 15 heavy (non-hydrogen) atoms. The van der Waals surface area contributed by atoms with Gasteiger partial charge in [0, 0.05) is 18.1 Å². The molecule has 4 nitrogen and oxygen atoms in total. The SMILES string of the molecule is CC(C)Cc1noc(C2CSCN2)n1.Cl. The van der Waals surface area contributed by atoms with Crippen LogP contribution in [0.1, 0.15) is 31.6 Å². The Bertz CT molecular complexity index is 299. The van der Waals surface area contributed by atoms with E-state index in [1.165, 1.54) is 0 Å². The highest BCUT2D eigenvalue weighted by Gasteiger charge is 2.22. The molecule has 1 unspecified atom stereocenters. The van der Waals surface area contributed by atoms with E-state index in [0.29, 0.717) is 5.92 Å². The maximum Gasteiger partial charge on any atom is 0.244 e. The van der Waals surface area contributed by atoms with Gasteiger partial charge >= 0.3 is 0 Å². The van der Waals surface area contributed by atoms with Crippen LogP contribution >= 0.6 is 24.2 Å². The van der Waals surface area contributed by atoms with Gasteiger partial charge in [0.25, 0.3) is 0 Å². The fourth-order valence-electron chi connectivity index (χ4n) is 1.41. The van der Waals surface area contributed by atoms with Crippen LogP contribution in [0, 0.1) is 5.92 Å². The number of thioether (sulfide) groups is 1. The van der Waals surface area contributed by atoms with E-state index in [2.05, 4.69) is 29.3 Å². The fraction of sp³-hybridized carbons (Fsp3) is 0.778. The van der Waals surface area contributed by atoms with E-state index in [0.717, 1.165) is 29.8 Å². The molecule has 6 heteroatoms. The first kappa shape index (κ1) is 12.8. The smallest absolute Gasteiger partial charge is 0.244 e. The number of hydrogen-bond donors (Lipinski definition) is 1. The summed E-state index contributed by atoms with van der Waals surface area (Å²) in [6.07, 6.45) is 0.892. The Balaban J connectivity index is 0.00000112. The zero-order valence-electron chi connectivity index (χ0n) is 8.90. The zero-order valence-corrected chi connectivity index (χ0v) is 10.5. The topological polar surface area (TPSA) is 51.0 Å². The van der Waals surface area contributed by atoms with Gasteiger partial charge in [0.05, 0.1) is 6.04 Å². The third kappa shape index (κ3) is 3.36. The molecule has 0 radical (unpaired) electrons. The molecule has 1 aromatic heterocycles. The van der Waals surface area contributed by atoms with Crippen LogP contribution in [0.4, 0.5) is 0 Å². The molecule has 1 atom stereocenters. The number of rotatable bonds is 3. The van der Waals surface area contributed by atoms with E-state index in [1.807, 2.05) is 11.8 Å². The number of aromatic nitrogens is 2. The number of nitrogens with one attached hydrogen (secondary N) is 1. The minimum Gasteiger partial charge on any atom is -0.338 e. The van der Waals surface area contributed by atoms with E-state index < -0.39 is 0 Å². The molecule has 1 aliphatic rings. The molecule has 1 N–H and O–H groups in total. The monoisotopic (exact) mass is 249 g/mol. The predicted octanol–water partition coefficient (Wildman–Crippen LogP) is 2.02. The molecule has 2 heterocycles. The molecule has 0 amide bonds. The quantitative estimate of drug-likeness (QED) is 0.888. The van der Waals surface area contributed by atoms with Crippen molar-refractivity contribution in [2.75, 3.05) is 11.6 Å². The van der Waals surface area contributed by atoms with Crippen molar-refractivity contribution in [1.29, 1.82) is 0 Å². The van der Waals surface area contributed by atoms with Crippen molar-refractivity contribution < 1.29 is 4.52 Å². The second-order valence-electron chi connectivity index (χ2n) is 3.92. The van der Waals surface area contributed by atoms with Crippen molar-refractivity contribution in [3.05, 3.63) is 11.7 Å². The summed E-state index contributed by atoms with van der Waals surface area (Å²) in [5, 5.41) is 7.27. The normalized spacial score (nSPS) is 20.6. The predicted molar refractivity (Wildman–Crippen MR) is 63.3 cm³/mol. The van der Waals surface area contributed by atoms with Gasteiger partial charge in [-0.2, -0.15) is 4.98 Å². The largest absolute Gasteiger partial charge is 0.338 e. The third-order valence-corrected chi connectivity index (χ3v) is 3.03. The minimum atomic E-state index is 0. The van der Waals surface area contributed by atoms with E-state index in [1.54, 1.807) is 0 Å². The summed E-state index contributed by atoms with van der Waals surface area (Å²) in [6, 6.07) is 0.258. The molecule has 0 bridgehead atoms. The van der Waals surface area contributed by atoms with Crippen LogP contribution < -0.4 is 5.32 Å². The average Bonchev–Trinajstić information content (AvgIpc) is 2.69. The third-order valence-electron chi connectivity index (χ3n) is 2.09. The summed E-state index contributed by atoms with van der Waals surface area (Å²) in [4.78, 5) is 4.38. The second-order valence-corrected chi connectivity index (χ2v) is 4.95. The highest BCUT2D eigenvalue weighted by molar-refractivity contribution is 7.99. The Kier molecular flexibility index (Phi) is 4.89. The Morgan fingerprint density at radius 1 is 1.60 bits per heavy atom. The van der Waals surface area contributed by atoms with Crippen LogP contribution in [0.2, 0.25) is 0 Å². The van der Waals surface area contributed by atoms with Crippen molar-refractivity contribution in [2.24, 2.45) is 5.92 Å². The summed E-state index contributed by atoms with van der Waals surface area (Å²) in [5.74, 6) is 4.15. The lowest BCUT2D eigenvalue weighted by Gasteiger charge is -2.00. The van der Waals surface area contributed by atoms with Gasteiger partial charge in [0.1, 0.15) is 0 Å². The van der Waals surface area contributed by atoms with Gasteiger partial charge in [-0.25, -0.2) is 0 Å². The van der Waals surface area contributed by atoms with Crippen LogP contribution in [-0.2, 0) is 6.42 Å². The Labute approximate surface area is 100.0 Å². The van der Waals surface area contributed by atoms with Crippen molar-refractivity contribution in [2.45, 2.75) is 26.3 Å². The molecule has 1 aromatic rings. The van der Waals surface area contributed by atoms with Crippen molar-refractivity contribution in [3.8, 4) is 0 Å². The van der Waals surface area contributed by atoms with Crippen molar-refractivity contribution in [1.82, 2.24) is 15.5 Å². The number of halogens is 1. The zero-order chi connectivity index (χ0) is 9.97. The van der Waals surface area contributed by atoms with E-state index in [4.69, 9.17) is 4.52 Å². The number of nitrogens with zero attached hydrogens (tertiary/aromatic N) is 2. The van der Waals surface area contributed by atoms with Crippen LogP contribution in [0.25, 0.3) is 0 Å². The maximum atomic E-state index is 5.21. The molecule has 1 saturated heterocycles. The lowest BCUT2D eigenvalue weighted by atomic mass is 10.1. The van der Waals surface area contributed by atoms with Crippen molar-refractivity contribution >= 4 is 24.2 Å². The second kappa shape index (κ2) is 5.72. The minimum absolute atomic E-state index is 0. The summed E-state index contributed by atoms with van der Waals surface area (Å²) >= 11 is 1.86. The van der Waals surface area contributed by atoms with Crippen LogP contribution in [-0.4, -0.2) is 21.8 Å². The first-order chi connectivity index (χ1) is 6.75. The molecule has 1 aliphatic heterocycles.